The molecule has 1 aromatic rings. The lowest BCUT2D eigenvalue weighted by Gasteiger charge is -2.13. The predicted octanol–water partition coefficient (Wildman–Crippen LogP) is 0.944. The number of rotatable bonds is 3. The zero-order chi connectivity index (χ0) is 12.5. The third-order valence-corrected chi connectivity index (χ3v) is 4.68. The lowest BCUT2D eigenvalue weighted by Crippen LogP contribution is -2.36. The van der Waals surface area contributed by atoms with Crippen molar-refractivity contribution in [2.75, 3.05) is 13.1 Å². The average Bonchev–Trinajstić information content (AvgIpc) is 2.68. The van der Waals surface area contributed by atoms with E-state index < -0.39 is 10.0 Å². The first kappa shape index (κ1) is 12.5. The van der Waals surface area contributed by atoms with Gasteiger partial charge in [-0.05, 0) is 38.4 Å². The van der Waals surface area contributed by atoms with Gasteiger partial charge in [-0.1, -0.05) is 17.7 Å². The van der Waals surface area contributed by atoms with Crippen LogP contribution in [-0.2, 0) is 10.0 Å². The van der Waals surface area contributed by atoms with Gasteiger partial charge in [0.25, 0.3) is 0 Å². The van der Waals surface area contributed by atoms with E-state index in [9.17, 15) is 8.42 Å². The van der Waals surface area contributed by atoms with E-state index in [4.69, 9.17) is 0 Å². The molecule has 4 nitrogen and oxygen atoms in total. The van der Waals surface area contributed by atoms with Crippen LogP contribution in [0.15, 0.2) is 23.1 Å². The smallest absolute Gasteiger partial charge is 0.241 e. The third-order valence-electron chi connectivity index (χ3n) is 3.00. The van der Waals surface area contributed by atoms with Crippen LogP contribution in [0, 0.1) is 13.8 Å². The highest BCUT2D eigenvalue weighted by molar-refractivity contribution is 7.89. The van der Waals surface area contributed by atoms with Gasteiger partial charge in [-0.3, -0.25) is 0 Å². The number of hydrogen-bond donors (Lipinski definition) is 2. The van der Waals surface area contributed by atoms with Crippen molar-refractivity contribution in [1.82, 2.24) is 10.0 Å². The molecule has 0 bridgehead atoms. The first-order chi connectivity index (χ1) is 7.99. The summed E-state index contributed by atoms with van der Waals surface area (Å²) < 4.78 is 27.1. The average molecular weight is 254 g/mol. The maximum atomic E-state index is 12.2. The van der Waals surface area contributed by atoms with Gasteiger partial charge >= 0.3 is 0 Å². The van der Waals surface area contributed by atoms with E-state index in [0.29, 0.717) is 11.4 Å². The minimum Gasteiger partial charge on any atom is -0.315 e. The summed E-state index contributed by atoms with van der Waals surface area (Å²) in [5.74, 6) is 0. The van der Waals surface area contributed by atoms with Crippen LogP contribution in [0.2, 0.25) is 0 Å². The molecule has 94 valence electrons. The van der Waals surface area contributed by atoms with Crippen molar-refractivity contribution in [1.29, 1.82) is 0 Å². The molecule has 0 aliphatic carbocycles. The summed E-state index contributed by atoms with van der Waals surface area (Å²) in [6, 6.07) is 5.41. The maximum Gasteiger partial charge on any atom is 0.241 e. The molecule has 0 radical (unpaired) electrons. The van der Waals surface area contributed by atoms with Crippen molar-refractivity contribution in [3.05, 3.63) is 29.3 Å². The molecule has 1 aromatic carbocycles. The molecular formula is C12H18N2O2S. The van der Waals surface area contributed by atoms with Crippen LogP contribution in [0.1, 0.15) is 17.5 Å². The van der Waals surface area contributed by atoms with Gasteiger partial charge in [-0.2, -0.15) is 0 Å². The molecule has 0 amide bonds. The standard InChI is InChI=1S/C12H18N2O2S/c1-9-3-4-12(10(2)7-9)17(15,16)14-11-5-6-13-8-11/h3-4,7,11,13-14H,5-6,8H2,1-2H3/t11-/m1/s1. The van der Waals surface area contributed by atoms with Crippen molar-refractivity contribution in [3.63, 3.8) is 0 Å². The summed E-state index contributed by atoms with van der Waals surface area (Å²) in [6.07, 6.45) is 0.851. The van der Waals surface area contributed by atoms with Gasteiger partial charge in [0.15, 0.2) is 0 Å². The largest absolute Gasteiger partial charge is 0.315 e. The van der Waals surface area contributed by atoms with Gasteiger partial charge in [-0.25, -0.2) is 13.1 Å². The van der Waals surface area contributed by atoms with Gasteiger partial charge in [0.2, 0.25) is 10.0 Å². The highest BCUT2D eigenvalue weighted by atomic mass is 32.2. The molecule has 1 aliphatic rings. The Balaban J connectivity index is 2.24. The molecule has 0 unspecified atom stereocenters. The van der Waals surface area contributed by atoms with Gasteiger partial charge in [0.1, 0.15) is 0 Å². The van der Waals surface area contributed by atoms with Crippen LogP contribution in [0.4, 0.5) is 0 Å². The fourth-order valence-corrected chi connectivity index (χ4v) is 3.64. The van der Waals surface area contributed by atoms with E-state index in [0.717, 1.165) is 24.1 Å². The van der Waals surface area contributed by atoms with E-state index in [1.807, 2.05) is 26.0 Å². The highest BCUT2D eigenvalue weighted by Crippen LogP contribution is 2.17. The molecule has 17 heavy (non-hydrogen) atoms. The van der Waals surface area contributed by atoms with Crippen molar-refractivity contribution in [2.24, 2.45) is 0 Å². The Morgan fingerprint density at radius 1 is 1.35 bits per heavy atom. The van der Waals surface area contributed by atoms with Crippen LogP contribution in [0.5, 0.6) is 0 Å². The van der Waals surface area contributed by atoms with Crippen LogP contribution >= 0.6 is 0 Å². The van der Waals surface area contributed by atoms with Gasteiger partial charge in [0.05, 0.1) is 4.90 Å². The van der Waals surface area contributed by atoms with Crippen molar-refractivity contribution in [2.45, 2.75) is 31.2 Å². The Kier molecular flexibility index (Phi) is 3.51. The highest BCUT2D eigenvalue weighted by Gasteiger charge is 2.23. The topological polar surface area (TPSA) is 58.2 Å². The number of hydrogen-bond acceptors (Lipinski definition) is 3. The second-order valence-corrected chi connectivity index (χ2v) is 6.26. The molecule has 0 spiro atoms. The summed E-state index contributed by atoms with van der Waals surface area (Å²) in [7, 11) is -3.38. The van der Waals surface area contributed by atoms with Crippen molar-refractivity contribution < 1.29 is 8.42 Å². The quantitative estimate of drug-likeness (QED) is 0.844. The van der Waals surface area contributed by atoms with Gasteiger partial charge in [-0.15, -0.1) is 0 Å². The van der Waals surface area contributed by atoms with Crippen molar-refractivity contribution >= 4 is 10.0 Å². The fraction of sp³-hybridized carbons (Fsp3) is 0.500. The van der Waals surface area contributed by atoms with Crippen LogP contribution in [0.3, 0.4) is 0 Å². The lowest BCUT2D eigenvalue weighted by atomic mass is 10.2. The Morgan fingerprint density at radius 2 is 2.12 bits per heavy atom. The van der Waals surface area contributed by atoms with Gasteiger partial charge in [0, 0.05) is 12.6 Å². The Labute approximate surface area is 102 Å². The third kappa shape index (κ3) is 2.86. The molecule has 1 aliphatic heterocycles. The van der Waals surface area contributed by atoms with Gasteiger partial charge < -0.3 is 5.32 Å². The number of sulfonamides is 1. The summed E-state index contributed by atoms with van der Waals surface area (Å²) in [6.45, 7) is 5.37. The normalized spacial score (nSPS) is 20.7. The van der Waals surface area contributed by atoms with Crippen molar-refractivity contribution in [3.8, 4) is 0 Å². The van der Waals surface area contributed by atoms with Crippen LogP contribution < -0.4 is 10.0 Å². The van der Waals surface area contributed by atoms with E-state index >= 15 is 0 Å². The van der Waals surface area contributed by atoms with E-state index in [-0.39, 0.29) is 6.04 Å². The first-order valence-corrected chi connectivity index (χ1v) is 7.28. The second-order valence-electron chi connectivity index (χ2n) is 4.58. The summed E-state index contributed by atoms with van der Waals surface area (Å²) in [5, 5.41) is 3.14. The molecule has 1 saturated heterocycles. The zero-order valence-electron chi connectivity index (χ0n) is 10.2. The summed E-state index contributed by atoms with van der Waals surface area (Å²) in [4.78, 5) is 0.384. The molecule has 1 heterocycles. The predicted molar refractivity (Wildman–Crippen MR) is 67.5 cm³/mol. The SMILES string of the molecule is Cc1ccc(S(=O)(=O)N[C@@H]2CCNC2)c(C)c1. The minimum absolute atomic E-state index is 0.0145. The summed E-state index contributed by atoms with van der Waals surface area (Å²) >= 11 is 0. The molecule has 0 aromatic heterocycles. The lowest BCUT2D eigenvalue weighted by molar-refractivity contribution is 0.559. The molecule has 2 rings (SSSR count). The van der Waals surface area contributed by atoms with Crippen LogP contribution in [0.25, 0.3) is 0 Å². The van der Waals surface area contributed by atoms with E-state index in [2.05, 4.69) is 10.0 Å². The fourth-order valence-electron chi connectivity index (χ4n) is 2.14. The second kappa shape index (κ2) is 4.76. The minimum atomic E-state index is -3.38. The zero-order valence-corrected chi connectivity index (χ0v) is 11.0. The van der Waals surface area contributed by atoms with E-state index in [1.54, 1.807) is 6.07 Å². The molecular weight excluding hydrogens is 236 g/mol. The Hall–Kier alpha value is -0.910. The van der Waals surface area contributed by atoms with Crippen LogP contribution in [-0.4, -0.2) is 27.5 Å². The Morgan fingerprint density at radius 3 is 2.71 bits per heavy atom. The molecule has 1 atom stereocenters. The summed E-state index contributed by atoms with van der Waals surface area (Å²) in [5.41, 5.74) is 1.87. The molecule has 5 heteroatoms. The first-order valence-electron chi connectivity index (χ1n) is 5.79. The number of aryl methyl sites for hydroxylation is 2. The molecule has 0 saturated carbocycles. The monoisotopic (exact) mass is 254 g/mol. The van der Waals surface area contributed by atoms with E-state index in [1.165, 1.54) is 0 Å². The molecule has 1 fully saturated rings. The number of benzene rings is 1. The molecule has 2 N–H and O–H groups in total. The Bertz CT molecular complexity index is 505. The number of nitrogens with one attached hydrogen (secondary N) is 2. The maximum absolute atomic E-state index is 12.2.